The number of ether oxygens (including phenoxy) is 2. The second kappa shape index (κ2) is 6.97. The van der Waals surface area contributed by atoms with Gasteiger partial charge in [0.15, 0.2) is 0 Å². The zero-order valence-electron chi connectivity index (χ0n) is 11.1. The van der Waals surface area contributed by atoms with Crippen molar-refractivity contribution in [1.82, 2.24) is 0 Å². The highest BCUT2D eigenvalue weighted by Gasteiger charge is 2.25. The quantitative estimate of drug-likeness (QED) is 0.747. The summed E-state index contributed by atoms with van der Waals surface area (Å²) >= 11 is 0. The van der Waals surface area contributed by atoms with Gasteiger partial charge < -0.3 is 15.2 Å². The topological polar surface area (TPSA) is 61.5 Å². The van der Waals surface area contributed by atoms with Crippen molar-refractivity contribution in [3.8, 4) is 0 Å². The number of rotatable bonds is 5. The van der Waals surface area contributed by atoms with Crippen molar-refractivity contribution in [2.24, 2.45) is 17.6 Å². The lowest BCUT2D eigenvalue weighted by Crippen LogP contribution is -2.39. The molecule has 0 aromatic heterocycles. The van der Waals surface area contributed by atoms with Gasteiger partial charge in [-0.15, -0.1) is 0 Å². The van der Waals surface area contributed by atoms with Gasteiger partial charge in [-0.3, -0.25) is 4.79 Å². The number of carbonyl (C=O) groups is 1. The highest BCUT2D eigenvalue weighted by molar-refractivity contribution is 5.75. The second-order valence-electron chi connectivity index (χ2n) is 5.23. The van der Waals surface area contributed by atoms with Gasteiger partial charge in [0.05, 0.1) is 19.3 Å². The highest BCUT2D eigenvalue weighted by atomic mass is 16.5. The van der Waals surface area contributed by atoms with E-state index in [4.69, 9.17) is 15.2 Å². The lowest BCUT2D eigenvalue weighted by atomic mass is 9.82. The van der Waals surface area contributed by atoms with E-state index in [9.17, 15) is 4.79 Å². The van der Waals surface area contributed by atoms with E-state index in [-0.39, 0.29) is 18.7 Å². The molecule has 3 unspecified atom stereocenters. The molecule has 0 amide bonds. The van der Waals surface area contributed by atoms with E-state index in [1.54, 1.807) is 6.92 Å². The summed E-state index contributed by atoms with van der Waals surface area (Å²) in [5.41, 5.74) is 5.69. The Morgan fingerprint density at radius 1 is 1.29 bits per heavy atom. The molecule has 1 saturated carbocycles. The molecule has 0 aliphatic heterocycles. The Hall–Kier alpha value is -0.610. The van der Waals surface area contributed by atoms with Crippen LogP contribution in [0.15, 0.2) is 0 Å². The van der Waals surface area contributed by atoms with E-state index in [0.29, 0.717) is 18.4 Å². The first-order valence-corrected chi connectivity index (χ1v) is 6.56. The first-order valence-electron chi connectivity index (χ1n) is 6.56. The molecule has 100 valence electrons. The lowest BCUT2D eigenvalue weighted by Gasteiger charge is -2.31. The van der Waals surface area contributed by atoms with Crippen LogP contribution >= 0.6 is 0 Å². The number of hydrogen-bond acceptors (Lipinski definition) is 4. The van der Waals surface area contributed by atoms with Gasteiger partial charge in [0.2, 0.25) is 0 Å². The van der Waals surface area contributed by atoms with E-state index in [0.717, 1.165) is 12.8 Å². The van der Waals surface area contributed by atoms with Crippen LogP contribution in [0.4, 0.5) is 0 Å². The SMILES string of the molecule is CCOC(=O)C(N)COC1CC(C)CC(C)C1. The van der Waals surface area contributed by atoms with Crippen LogP contribution < -0.4 is 5.73 Å². The van der Waals surface area contributed by atoms with Crippen LogP contribution in [0.3, 0.4) is 0 Å². The minimum Gasteiger partial charge on any atom is -0.465 e. The van der Waals surface area contributed by atoms with Crippen LogP contribution in [0.1, 0.15) is 40.0 Å². The molecular weight excluding hydrogens is 218 g/mol. The number of nitrogens with two attached hydrogens (primary N) is 1. The Balaban J connectivity index is 2.27. The summed E-state index contributed by atoms with van der Waals surface area (Å²) < 4.78 is 10.6. The van der Waals surface area contributed by atoms with Gasteiger partial charge in [-0.1, -0.05) is 13.8 Å². The van der Waals surface area contributed by atoms with Crippen molar-refractivity contribution >= 4 is 5.97 Å². The standard InChI is InChI=1S/C13H25NO3/c1-4-16-13(15)12(14)8-17-11-6-9(2)5-10(3)7-11/h9-12H,4-8,14H2,1-3H3. The van der Waals surface area contributed by atoms with Crippen molar-refractivity contribution in [3.63, 3.8) is 0 Å². The fourth-order valence-corrected chi connectivity index (χ4v) is 2.57. The third-order valence-corrected chi connectivity index (χ3v) is 3.24. The zero-order chi connectivity index (χ0) is 12.8. The fraction of sp³-hybridized carbons (Fsp3) is 0.923. The molecule has 0 heterocycles. The molecular formula is C13H25NO3. The first-order chi connectivity index (χ1) is 8.02. The van der Waals surface area contributed by atoms with Gasteiger partial charge >= 0.3 is 5.97 Å². The average molecular weight is 243 g/mol. The molecule has 0 aromatic carbocycles. The van der Waals surface area contributed by atoms with Crippen molar-refractivity contribution in [3.05, 3.63) is 0 Å². The van der Waals surface area contributed by atoms with Gasteiger partial charge in [0.1, 0.15) is 6.04 Å². The van der Waals surface area contributed by atoms with Crippen LogP contribution in [0.25, 0.3) is 0 Å². The minimum atomic E-state index is -0.650. The fourth-order valence-electron chi connectivity index (χ4n) is 2.57. The Bertz CT molecular complexity index is 235. The Kier molecular flexibility index (Phi) is 5.92. The normalized spacial score (nSPS) is 30.9. The maximum absolute atomic E-state index is 11.3. The summed E-state index contributed by atoms with van der Waals surface area (Å²) in [6, 6.07) is -0.650. The number of esters is 1. The third kappa shape index (κ3) is 5.04. The molecule has 4 heteroatoms. The van der Waals surface area contributed by atoms with Crippen molar-refractivity contribution in [1.29, 1.82) is 0 Å². The van der Waals surface area contributed by atoms with E-state index in [1.165, 1.54) is 6.42 Å². The summed E-state index contributed by atoms with van der Waals surface area (Å²) in [6.45, 7) is 6.90. The Morgan fingerprint density at radius 2 is 1.88 bits per heavy atom. The number of hydrogen-bond donors (Lipinski definition) is 1. The average Bonchev–Trinajstić information content (AvgIpc) is 2.25. The zero-order valence-corrected chi connectivity index (χ0v) is 11.1. The molecule has 0 spiro atoms. The maximum Gasteiger partial charge on any atom is 0.325 e. The van der Waals surface area contributed by atoms with Gasteiger partial charge in [-0.25, -0.2) is 0 Å². The van der Waals surface area contributed by atoms with Crippen LogP contribution in [0.5, 0.6) is 0 Å². The van der Waals surface area contributed by atoms with Crippen molar-refractivity contribution < 1.29 is 14.3 Å². The van der Waals surface area contributed by atoms with E-state index in [1.807, 2.05) is 0 Å². The van der Waals surface area contributed by atoms with Gasteiger partial charge in [0.25, 0.3) is 0 Å². The molecule has 1 fully saturated rings. The predicted molar refractivity (Wildman–Crippen MR) is 66.5 cm³/mol. The molecule has 3 atom stereocenters. The molecule has 0 aromatic rings. The summed E-state index contributed by atoms with van der Waals surface area (Å²) in [5, 5.41) is 0. The first kappa shape index (κ1) is 14.5. The molecule has 0 radical (unpaired) electrons. The van der Waals surface area contributed by atoms with E-state index >= 15 is 0 Å². The molecule has 17 heavy (non-hydrogen) atoms. The van der Waals surface area contributed by atoms with Crippen LogP contribution in [-0.4, -0.2) is 31.3 Å². The van der Waals surface area contributed by atoms with Crippen molar-refractivity contribution in [2.45, 2.75) is 52.2 Å². The molecule has 1 aliphatic carbocycles. The molecule has 0 bridgehead atoms. The molecule has 2 N–H and O–H groups in total. The largest absolute Gasteiger partial charge is 0.465 e. The van der Waals surface area contributed by atoms with Crippen LogP contribution in [0.2, 0.25) is 0 Å². The van der Waals surface area contributed by atoms with E-state index in [2.05, 4.69) is 13.8 Å². The summed E-state index contributed by atoms with van der Waals surface area (Å²) in [7, 11) is 0. The van der Waals surface area contributed by atoms with Crippen molar-refractivity contribution in [2.75, 3.05) is 13.2 Å². The predicted octanol–water partition coefficient (Wildman–Crippen LogP) is 1.72. The summed E-state index contributed by atoms with van der Waals surface area (Å²) in [6.07, 6.45) is 3.65. The summed E-state index contributed by atoms with van der Waals surface area (Å²) in [5.74, 6) is 1.02. The van der Waals surface area contributed by atoms with Gasteiger partial charge in [0, 0.05) is 0 Å². The minimum absolute atomic E-state index is 0.245. The van der Waals surface area contributed by atoms with Crippen LogP contribution in [-0.2, 0) is 14.3 Å². The van der Waals surface area contributed by atoms with Crippen LogP contribution in [0, 0.1) is 11.8 Å². The Labute approximate surface area is 104 Å². The molecule has 4 nitrogen and oxygen atoms in total. The number of carbonyl (C=O) groups excluding carboxylic acids is 1. The molecule has 0 saturated heterocycles. The third-order valence-electron chi connectivity index (χ3n) is 3.24. The Morgan fingerprint density at radius 3 is 2.41 bits per heavy atom. The molecule has 1 aliphatic rings. The molecule has 1 rings (SSSR count). The highest BCUT2D eigenvalue weighted by Crippen LogP contribution is 2.30. The lowest BCUT2D eigenvalue weighted by molar-refractivity contribution is -0.147. The smallest absolute Gasteiger partial charge is 0.325 e. The van der Waals surface area contributed by atoms with Gasteiger partial charge in [-0.2, -0.15) is 0 Å². The van der Waals surface area contributed by atoms with E-state index < -0.39 is 6.04 Å². The second-order valence-corrected chi connectivity index (χ2v) is 5.23. The maximum atomic E-state index is 11.3. The monoisotopic (exact) mass is 243 g/mol. The summed E-state index contributed by atoms with van der Waals surface area (Å²) in [4.78, 5) is 11.3. The van der Waals surface area contributed by atoms with Gasteiger partial charge in [-0.05, 0) is 38.0 Å².